The van der Waals surface area contributed by atoms with Crippen LogP contribution in [0.5, 0.6) is 0 Å². The molecule has 1 fully saturated rings. The fourth-order valence-electron chi connectivity index (χ4n) is 1.15. The van der Waals surface area contributed by atoms with Crippen molar-refractivity contribution in [2.75, 3.05) is 7.11 Å². The maximum absolute atomic E-state index is 5.70. The Kier molecular flexibility index (Phi) is 1.53. The molecule has 9 heavy (non-hydrogen) atoms. The van der Waals surface area contributed by atoms with E-state index < -0.39 is 0 Å². The van der Waals surface area contributed by atoms with Crippen LogP contribution in [-0.2, 0) is 4.74 Å². The predicted octanol–water partition coefficient (Wildman–Crippen LogP) is 0.759. The topological polar surface area (TPSA) is 35.2 Å². The Morgan fingerprint density at radius 3 is 2.33 bits per heavy atom. The number of methoxy groups -OCH3 is 1. The molecule has 2 heteroatoms. The summed E-state index contributed by atoms with van der Waals surface area (Å²) in [7, 11) is 1.74. The quantitative estimate of drug-likeness (QED) is 0.597. The highest BCUT2D eigenvalue weighted by molar-refractivity contribution is 5.06. The summed E-state index contributed by atoms with van der Waals surface area (Å²) in [4.78, 5) is 0. The van der Waals surface area contributed by atoms with Crippen LogP contribution in [0.25, 0.3) is 0 Å². The fourth-order valence-corrected chi connectivity index (χ4v) is 1.15. The van der Waals surface area contributed by atoms with Crippen LogP contribution >= 0.6 is 0 Å². The van der Waals surface area contributed by atoms with Crippen molar-refractivity contribution >= 4 is 0 Å². The number of rotatable bonds is 2. The average molecular weight is 129 g/mol. The summed E-state index contributed by atoms with van der Waals surface area (Å²) in [6.45, 7) is 4.25. The van der Waals surface area contributed by atoms with Gasteiger partial charge in [-0.25, -0.2) is 0 Å². The van der Waals surface area contributed by atoms with Crippen molar-refractivity contribution in [1.29, 1.82) is 0 Å². The van der Waals surface area contributed by atoms with E-state index in [0.717, 1.165) is 6.42 Å². The van der Waals surface area contributed by atoms with E-state index in [2.05, 4.69) is 13.8 Å². The van der Waals surface area contributed by atoms with E-state index in [-0.39, 0.29) is 5.41 Å². The summed E-state index contributed by atoms with van der Waals surface area (Å²) in [5.41, 5.74) is 5.97. The minimum atomic E-state index is 0.273. The Morgan fingerprint density at radius 2 is 2.22 bits per heavy atom. The molecule has 0 spiro atoms. The fraction of sp³-hybridized carbons (Fsp3) is 1.00. The van der Waals surface area contributed by atoms with Crippen molar-refractivity contribution in [2.24, 2.45) is 11.1 Å². The van der Waals surface area contributed by atoms with Gasteiger partial charge >= 0.3 is 0 Å². The first-order valence-corrected chi connectivity index (χ1v) is 3.39. The zero-order valence-electron chi connectivity index (χ0n) is 6.35. The summed E-state index contributed by atoms with van der Waals surface area (Å²) in [5.74, 6) is 0. The third-order valence-corrected chi connectivity index (χ3v) is 2.63. The molecule has 0 aromatic carbocycles. The normalized spacial score (nSPS) is 44.7. The number of nitrogens with two attached hydrogens (primary N) is 1. The van der Waals surface area contributed by atoms with Gasteiger partial charge in [-0.05, 0) is 13.3 Å². The Bertz CT molecular complexity index is 115. The molecule has 0 amide bonds. The van der Waals surface area contributed by atoms with Crippen LogP contribution in [0, 0.1) is 5.41 Å². The summed E-state index contributed by atoms with van der Waals surface area (Å²) in [6, 6.07) is 0.368. The Morgan fingerprint density at radius 1 is 1.78 bits per heavy atom. The van der Waals surface area contributed by atoms with Crippen molar-refractivity contribution in [3.63, 3.8) is 0 Å². The van der Waals surface area contributed by atoms with Gasteiger partial charge < -0.3 is 10.5 Å². The van der Waals surface area contributed by atoms with Gasteiger partial charge in [-0.15, -0.1) is 0 Å². The van der Waals surface area contributed by atoms with Crippen LogP contribution in [0.1, 0.15) is 20.3 Å². The SMILES string of the molecule is COC(C)C1(C)CC1N. The minimum absolute atomic E-state index is 0.273. The Labute approximate surface area is 56.4 Å². The Hall–Kier alpha value is -0.0800. The standard InChI is InChI=1S/C7H15NO/c1-5(9-3)7(2)4-6(7)8/h5-6H,4,8H2,1-3H3. The number of hydrogen-bond donors (Lipinski definition) is 1. The molecular weight excluding hydrogens is 114 g/mol. The monoisotopic (exact) mass is 129 g/mol. The number of ether oxygens (including phenoxy) is 1. The highest BCUT2D eigenvalue weighted by atomic mass is 16.5. The molecule has 3 atom stereocenters. The average Bonchev–Trinajstić information content (AvgIpc) is 2.41. The highest BCUT2D eigenvalue weighted by Crippen LogP contribution is 2.47. The molecule has 54 valence electrons. The van der Waals surface area contributed by atoms with Gasteiger partial charge in [-0.2, -0.15) is 0 Å². The highest BCUT2D eigenvalue weighted by Gasteiger charge is 2.51. The van der Waals surface area contributed by atoms with E-state index in [9.17, 15) is 0 Å². The second-order valence-electron chi connectivity index (χ2n) is 3.19. The number of hydrogen-bond acceptors (Lipinski definition) is 2. The van der Waals surface area contributed by atoms with Gasteiger partial charge in [0.15, 0.2) is 0 Å². The Balaban J connectivity index is 2.43. The molecule has 0 aliphatic heterocycles. The molecule has 0 aromatic heterocycles. The summed E-state index contributed by atoms with van der Waals surface area (Å²) in [5, 5.41) is 0. The van der Waals surface area contributed by atoms with Crippen LogP contribution in [0.2, 0.25) is 0 Å². The lowest BCUT2D eigenvalue weighted by atomic mass is 10.0. The zero-order valence-corrected chi connectivity index (χ0v) is 6.35. The first-order chi connectivity index (χ1) is 4.11. The van der Waals surface area contributed by atoms with Crippen LogP contribution in [-0.4, -0.2) is 19.3 Å². The van der Waals surface area contributed by atoms with E-state index in [0.29, 0.717) is 12.1 Å². The predicted molar refractivity (Wildman–Crippen MR) is 37.2 cm³/mol. The summed E-state index contributed by atoms with van der Waals surface area (Å²) in [6.07, 6.45) is 1.43. The van der Waals surface area contributed by atoms with E-state index in [1.54, 1.807) is 7.11 Å². The van der Waals surface area contributed by atoms with Gasteiger partial charge in [0.25, 0.3) is 0 Å². The second-order valence-corrected chi connectivity index (χ2v) is 3.19. The van der Waals surface area contributed by atoms with Crippen LogP contribution < -0.4 is 5.73 Å². The van der Waals surface area contributed by atoms with Crippen molar-refractivity contribution in [2.45, 2.75) is 32.4 Å². The lowest BCUT2D eigenvalue weighted by molar-refractivity contribution is 0.0602. The van der Waals surface area contributed by atoms with Crippen LogP contribution in [0.4, 0.5) is 0 Å². The molecule has 3 unspecified atom stereocenters. The van der Waals surface area contributed by atoms with Crippen molar-refractivity contribution in [1.82, 2.24) is 0 Å². The lowest BCUT2D eigenvalue weighted by Gasteiger charge is -2.17. The molecule has 0 bridgehead atoms. The summed E-state index contributed by atoms with van der Waals surface area (Å²) >= 11 is 0. The van der Waals surface area contributed by atoms with E-state index in [1.807, 2.05) is 0 Å². The lowest BCUT2D eigenvalue weighted by Crippen LogP contribution is -2.24. The maximum atomic E-state index is 5.70. The molecule has 0 saturated heterocycles. The molecule has 0 heterocycles. The minimum Gasteiger partial charge on any atom is -0.381 e. The molecular formula is C7H15NO. The molecule has 0 radical (unpaired) electrons. The molecule has 2 nitrogen and oxygen atoms in total. The third kappa shape index (κ3) is 0.970. The van der Waals surface area contributed by atoms with E-state index in [4.69, 9.17) is 10.5 Å². The van der Waals surface area contributed by atoms with Crippen LogP contribution in [0.3, 0.4) is 0 Å². The zero-order chi connectivity index (χ0) is 7.07. The first kappa shape index (κ1) is 7.03. The second kappa shape index (κ2) is 1.96. The van der Waals surface area contributed by atoms with Gasteiger partial charge in [0.05, 0.1) is 6.10 Å². The largest absolute Gasteiger partial charge is 0.381 e. The molecule has 1 saturated carbocycles. The molecule has 2 N–H and O–H groups in total. The van der Waals surface area contributed by atoms with E-state index >= 15 is 0 Å². The summed E-state index contributed by atoms with van der Waals surface area (Å²) < 4.78 is 5.17. The smallest absolute Gasteiger partial charge is 0.0612 e. The molecule has 1 aliphatic rings. The van der Waals surface area contributed by atoms with Gasteiger partial charge in [-0.1, -0.05) is 6.92 Å². The van der Waals surface area contributed by atoms with Gasteiger partial charge in [0, 0.05) is 18.6 Å². The van der Waals surface area contributed by atoms with E-state index in [1.165, 1.54) is 0 Å². The molecule has 1 aliphatic carbocycles. The molecule has 0 aromatic rings. The van der Waals surface area contributed by atoms with Crippen molar-refractivity contribution in [3.05, 3.63) is 0 Å². The maximum Gasteiger partial charge on any atom is 0.0612 e. The molecule has 1 rings (SSSR count). The van der Waals surface area contributed by atoms with Crippen molar-refractivity contribution in [3.8, 4) is 0 Å². The van der Waals surface area contributed by atoms with Crippen LogP contribution in [0.15, 0.2) is 0 Å². The third-order valence-electron chi connectivity index (χ3n) is 2.63. The van der Waals surface area contributed by atoms with Gasteiger partial charge in [0.2, 0.25) is 0 Å². The first-order valence-electron chi connectivity index (χ1n) is 3.39. The van der Waals surface area contributed by atoms with Crippen molar-refractivity contribution < 1.29 is 4.74 Å². The van der Waals surface area contributed by atoms with Gasteiger partial charge in [0.1, 0.15) is 0 Å². The van der Waals surface area contributed by atoms with Gasteiger partial charge in [-0.3, -0.25) is 0 Å².